The monoisotopic (exact) mass is 568 g/mol. The van der Waals surface area contributed by atoms with E-state index in [9.17, 15) is 38.2 Å². The summed E-state index contributed by atoms with van der Waals surface area (Å²) in [6.07, 6.45) is -1.81. The fourth-order valence-electron chi connectivity index (χ4n) is 3.31. The molecule has 0 aromatic carbocycles. The van der Waals surface area contributed by atoms with Gasteiger partial charge in [0.05, 0.1) is 4.75 Å². The predicted octanol–water partition coefficient (Wildman–Crippen LogP) is -1.11. The first kappa shape index (κ1) is 27.3. The molecule has 190 valence electrons. The third-order valence-corrected chi connectivity index (χ3v) is 10.0. The maximum Gasteiger partial charge on any atom is 0.490 e. The Morgan fingerprint density at radius 2 is 1.91 bits per heavy atom. The summed E-state index contributed by atoms with van der Waals surface area (Å²) in [7, 11) is -17.1. The molecule has 6 atom stereocenters. The minimum absolute atomic E-state index is 0.222. The van der Waals surface area contributed by atoms with Crippen molar-refractivity contribution in [3.05, 3.63) is 33.1 Å². The Morgan fingerprint density at radius 1 is 1.26 bits per heavy atom. The molecule has 0 aliphatic carbocycles. The quantitative estimate of drug-likeness (QED) is 0.106. The molecular weight excluding hydrogens is 551 g/mol. The van der Waals surface area contributed by atoms with Crippen molar-refractivity contribution < 1.29 is 56.3 Å². The summed E-state index contributed by atoms with van der Waals surface area (Å²) >= 11 is 1.12. The number of hydrogen-bond donors (Lipinski definition) is 7. The molecule has 0 radical (unpaired) electrons. The van der Waals surface area contributed by atoms with Crippen molar-refractivity contribution in [3.8, 4) is 0 Å². The molecule has 1 aromatic heterocycles. The van der Waals surface area contributed by atoms with Gasteiger partial charge < -0.3 is 29.4 Å². The molecule has 0 amide bonds. The van der Waals surface area contributed by atoms with E-state index in [0.717, 1.165) is 28.6 Å². The molecule has 19 nitrogen and oxygen atoms in total. The van der Waals surface area contributed by atoms with Crippen LogP contribution in [0.5, 0.6) is 0 Å². The van der Waals surface area contributed by atoms with Crippen LogP contribution in [-0.2, 0) is 31.6 Å². The SMILES string of the molecule is N=[N+]=N[C@]1(COP(=O)(O)OP(=O)(O)OP(=O)(O)O)O[C@@H](n2ccc(=O)[nH]c2=O)[C@@]2(CCS2)[C@@H]1O. The van der Waals surface area contributed by atoms with Crippen LogP contribution in [0, 0.1) is 5.53 Å². The number of aromatic nitrogens is 2. The van der Waals surface area contributed by atoms with Gasteiger partial charge in [-0.15, -0.1) is 11.8 Å². The van der Waals surface area contributed by atoms with Crippen LogP contribution in [-0.4, -0.2) is 63.2 Å². The summed E-state index contributed by atoms with van der Waals surface area (Å²) < 4.78 is 51.3. The summed E-state index contributed by atoms with van der Waals surface area (Å²) in [5, 5.41) is 14.4. The first-order valence-electron chi connectivity index (χ1n) is 8.73. The Labute approximate surface area is 191 Å². The average Bonchev–Trinajstić information content (AvgIpc) is 2.87. The number of phosphoric ester groups is 1. The number of thioether (sulfide) groups is 1. The average molecular weight is 568 g/mol. The molecule has 2 saturated heterocycles. The third-order valence-electron chi connectivity index (χ3n) is 4.66. The largest absolute Gasteiger partial charge is 0.490 e. The molecular formula is C11H17N5O14P3S+. The molecule has 2 unspecified atom stereocenters. The van der Waals surface area contributed by atoms with Crippen LogP contribution in [0.25, 0.3) is 0 Å². The topological polar surface area (TPSA) is 294 Å². The zero-order valence-electron chi connectivity index (χ0n) is 16.4. The van der Waals surface area contributed by atoms with Crippen molar-refractivity contribution in [2.75, 3.05) is 12.4 Å². The van der Waals surface area contributed by atoms with Gasteiger partial charge in [-0.1, -0.05) is 0 Å². The van der Waals surface area contributed by atoms with Gasteiger partial charge in [0.25, 0.3) is 11.3 Å². The second-order valence-electron chi connectivity index (χ2n) is 6.85. The third kappa shape index (κ3) is 5.56. The summed E-state index contributed by atoms with van der Waals surface area (Å²) in [4.78, 5) is 64.6. The zero-order chi connectivity index (χ0) is 25.6. The lowest BCUT2D eigenvalue weighted by Crippen LogP contribution is -2.55. The van der Waals surface area contributed by atoms with E-state index in [-0.39, 0.29) is 6.42 Å². The first-order valence-corrected chi connectivity index (χ1v) is 14.2. The number of phosphoric acid groups is 3. The number of nitrogens with one attached hydrogen (secondary N) is 2. The molecule has 1 aromatic rings. The van der Waals surface area contributed by atoms with Crippen molar-refractivity contribution >= 4 is 35.2 Å². The van der Waals surface area contributed by atoms with Crippen LogP contribution < -0.4 is 16.2 Å². The molecule has 1 spiro atoms. The number of aliphatic hydroxyl groups excluding tert-OH is 1. The van der Waals surface area contributed by atoms with Gasteiger partial charge in [-0.2, -0.15) is 8.62 Å². The van der Waals surface area contributed by atoms with Gasteiger partial charge in [0.15, 0.2) is 11.3 Å². The Morgan fingerprint density at radius 3 is 2.41 bits per heavy atom. The van der Waals surface area contributed by atoms with Crippen LogP contribution in [0.1, 0.15) is 12.6 Å². The summed E-state index contributed by atoms with van der Waals surface area (Å²) in [6.45, 7) is -1.25. The number of aliphatic hydroxyl groups is 1. The number of aromatic amines is 1. The van der Waals surface area contributed by atoms with Crippen LogP contribution in [0.15, 0.2) is 27.0 Å². The number of hydrogen-bond acceptors (Lipinski definition) is 13. The lowest BCUT2D eigenvalue weighted by atomic mass is 9.91. The molecule has 2 fully saturated rings. The Kier molecular flexibility index (Phi) is 7.44. The smallest absolute Gasteiger partial charge is 0.386 e. The lowest BCUT2D eigenvalue weighted by molar-refractivity contribution is -0.126. The Bertz CT molecular complexity index is 1270. The summed E-state index contributed by atoms with van der Waals surface area (Å²) in [6, 6.07) is 0.992. The van der Waals surface area contributed by atoms with Crippen molar-refractivity contribution in [3.63, 3.8) is 0 Å². The normalized spacial score (nSPS) is 32.4. The molecule has 3 rings (SSSR count). The standard InChI is InChI=1S/C11H16N5O14P3S/c12-15-14-11(5-27-32(23,24)30-33(25,26)29-31(20,21)22)7(18)10(2-4-34-10)8(28-11)16-3-1-6(17)13-9(16)19/h1,3,7-8,12,18H,2,4-5H2,(H4-,13,17,19,20,21,22,23,24,25,26)/p+1/t7-,8+,10+,11+/m0/s1. The lowest BCUT2D eigenvalue weighted by Gasteiger charge is -2.43. The summed E-state index contributed by atoms with van der Waals surface area (Å²) in [5.74, 6) is 0.485. The molecule has 23 heteroatoms. The van der Waals surface area contributed by atoms with E-state index in [1.54, 1.807) is 0 Å². The fraction of sp³-hybridized carbons (Fsp3) is 0.636. The first-order chi connectivity index (χ1) is 15.5. The van der Waals surface area contributed by atoms with E-state index >= 15 is 0 Å². The highest BCUT2D eigenvalue weighted by Gasteiger charge is 2.71. The molecule has 2 aliphatic heterocycles. The van der Waals surface area contributed by atoms with Gasteiger partial charge >= 0.3 is 29.2 Å². The van der Waals surface area contributed by atoms with Gasteiger partial charge in [0, 0.05) is 12.3 Å². The maximum absolute atomic E-state index is 12.3. The maximum atomic E-state index is 12.3. The second-order valence-corrected chi connectivity index (χ2v) is 12.7. The Hall–Kier alpha value is -1.33. The predicted molar refractivity (Wildman–Crippen MR) is 107 cm³/mol. The minimum atomic E-state index is -5.82. The second kappa shape index (κ2) is 9.28. The van der Waals surface area contributed by atoms with E-state index in [2.05, 4.69) is 23.2 Å². The van der Waals surface area contributed by atoms with Crippen LogP contribution in [0.4, 0.5) is 0 Å². The number of ether oxygens (including phenoxy) is 1. The highest BCUT2D eigenvalue weighted by molar-refractivity contribution is 8.02. The van der Waals surface area contributed by atoms with Crippen LogP contribution in [0.2, 0.25) is 0 Å². The molecule has 3 heterocycles. The van der Waals surface area contributed by atoms with Gasteiger partial charge in [-0.25, -0.2) is 18.5 Å². The van der Waals surface area contributed by atoms with E-state index < -0.39 is 64.1 Å². The number of nitrogens with zero attached hydrogens (tertiary/aromatic N) is 3. The van der Waals surface area contributed by atoms with Crippen molar-refractivity contribution in [1.29, 1.82) is 5.53 Å². The Balaban J connectivity index is 1.91. The van der Waals surface area contributed by atoms with E-state index in [0.29, 0.717) is 5.75 Å². The zero-order valence-corrected chi connectivity index (χ0v) is 19.9. The number of H-pyrrole nitrogens is 1. The van der Waals surface area contributed by atoms with Gasteiger partial charge in [-0.3, -0.25) is 18.9 Å². The number of rotatable bonds is 9. The molecule has 2 aliphatic rings. The van der Waals surface area contributed by atoms with Crippen molar-refractivity contribution in [1.82, 2.24) is 14.5 Å². The fourth-order valence-corrected chi connectivity index (χ4v) is 7.67. The molecule has 0 saturated carbocycles. The molecule has 0 bridgehead atoms. The van der Waals surface area contributed by atoms with E-state index in [4.69, 9.17) is 20.1 Å². The van der Waals surface area contributed by atoms with Gasteiger partial charge in [0.2, 0.25) is 4.91 Å². The summed E-state index contributed by atoms with van der Waals surface area (Å²) in [5.41, 5.74) is 2.96. The van der Waals surface area contributed by atoms with Crippen LogP contribution in [0.3, 0.4) is 0 Å². The van der Waals surface area contributed by atoms with Crippen molar-refractivity contribution in [2.24, 2.45) is 5.11 Å². The van der Waals surface area contributed by atoms with Crippen molar-refractivity contribution in [2.45, 2.75) is 29.2 Å². The van der Waals surface area contributed by atoms with E-state index in [1.807, 2.05) is 4.98 Å². The van der Waals surface area contributed by atoms with E-state index in [1.165, 1.54) is 0 Å². The van der Waals surface area contributed by atoms with Gasteiger partial charge in [-0.05, 0) is 12.2 Å². The van der Waals surface area contributed by atoms with Gasteiger partial charge in [0.1, 0.15) is 18.2 Å². The molecule has 7 N–H and O–H groups in total. The van der Waals surface area contributed by atoms with Crippen LogP contribution >= 0.6 is 35.2 Å². The molecule has 34 heavy (non-hydrogen) atoms. The minimum Gasteiger partial charge on any atom is -0.386 e. The highest BCUT2D eigenvalue weighted by atomic mass is 32.2. The highest BCUT2D eigenvalue weighted by Crippen LogP contribution is 2.67.